The molecule has 0 aromatic heterocycles. The fourth-order valence-electron chi connectivity index (χ4n) is 3.84. The second-order valence-electron chi connectivity index (χ2n) is 7.55. The number of piperidine rings is 1. The van der Waals surface area contributed by atoms with Crippen molar-refractivity contribution < 1.29 is 9.59 Å². The number of anilines is 1. The normalized spacial score (nSPS) is 14.8. The molecule has 1 saturated heterocycles. The Balaban J connectivity index is 1.40. The van der Waals surface area contributed by atoms with Crippen molar-refractivity contribution in [2.24, 2.45) is 5.92 Å². The summed E-state index contributed by atoms with van der Waals surface area (Å²) in [6.07, 6.45) is 1.31. The number of halogens is 1. The van der Waals surface area contributed by atoms with E-state index in [0.29, 0.717) is 36.6 Å². The van der Waals surface area contributed by atoms with Crippen LogP contribution in [-0.2, 0) is 4.79 Å². The fraction of sp³-hybridized carbons (Fsp3) is 0.250. The maximum absolute atomic E-state index is 13.1. The second kappa shape index (κ2) is 8.26. The van der Waals surface area contributed by atoms with Crippen LogP contribution in [0.25, 0.3) is 10.8 Å². The Morgan fingerprint density at radius 2 is 1.72 bits per heavy atom. The lowest BCUT2D eigenvalue weighted by atomic mass is 9.94. The lowest BCUT2D eigenvalue weighted by molar-refractivity contribution is -0.121. The number of nitrogens with one attached hydrogen (secondary N) is 1. The van der Waals surface area contributed by atoms with E-state index in [9.17, 15) is 9.59 Å². The van der Waals surface area contributed by atoms with Gasteiger partial charge in [-0.15, -0.1) is 0 Å². The molecule has 3 aromatic rings. The smallest absolute Gasteiger partial charge is 0.254 e. The van der Waals surface area contributed by atoms with Crippen LogP contribution in [0.15, 0.2) is 60.7 Å². The van der Waals surface area contributed by atoms with E-state index in [4.69, 9.17) is 11.6 Å². The minimum atomic E-state index is -0.105. The number of likely N-dealkylation sites (tertiary alicyclic amines) is 1. The number of carbonyl (C=O) groups excluding carboxylic acids is 2. The molecule has 1 aliphatic rings. The van der Waals surface area contributed by atoms with Crippen LogP contribution in [0, 0.1) is 12.8 Å². The Bertz CT molecular complexity index is 1070. The van der Waals surface area contributed by atoms with Gasteiger partial charge in [-0.2, -0.15) is 0 Å². The number of rotatable bonds is 3. The zero-order chi connectivity index (χ0) is 20.4. The van der Waals surface area contributed by atoms with Gasteiger partial charge in [0, 0.05) is 35.3 Å². The molecule has 4 nitrogen and oxygen atoms in total. The van der Waals surface area contributed by atoms with Gasteiger partial charge in [0.1, 0.15) is 0 Å². The van der Waals surface area contributed by atoms with Crippen LogP contribution in [0.5, 0.6) is 0 Å². The molecule has 2 amide bonds. The van der Waals surface area contributed by atoms with Gasteiger partial charge in [0.25, 0.3) is 5.91 Å². The standard InChI is InChI=1S/C24H23ClN2O2/c1-16-9-10-19(15-22(16)25)26-23(28)18-11-13-27(14-12-18)24(29)21-8-4-6-17-5-2-3-7-20(17)21/h2-10,15,18H,11-14H2,1H3,(H,26,28). The molecule has 1 heterocycles. The molecule has 0 radical (unpaired) electrons. The molecule has 0 unspecified atom stereocenters. The molecule has 29 heavy (non-hydrogen) atoms. The van der Waals surface area contributed by atoms with Crippen LogP contribution in [0.1, 0.15) is 28.8 Å². The Morgan fingerprint density at radius 3 is 2.48 bits per heavy atom. The Morgan fingerprint density at radius 1 is 1.00 bits per heavy atom. The van der Waals surface area contributed by atoms with Gasteiger partial charge < -0.3 is 10.2 Å². The van der Waals surface area contributed by atoms with Gasteiger partial charge >= 0.3 is 0 Å². The van der Waals surface area contributed by atoms with Crippen molar-refractivity contribution in [3.8, 4) is 0 Å². The molecule has 3 aromatic carbocycles. The van der Waals surface area contributed by atoms with Crippen molar-refractivity contribution in [3.05, 3.63) is 76.8 Å². The first-order chi connectivity index (χ1) is 14.0. The first kappa shape index (κ1) is 19.5. The Kier molecular flexibility index (Phi) is 5.54. The largest absolute Gasteiger partial charge is 0.339 e. The van der Waals surface area contributed by atoms with E-state index >= 15 is 0 Å². The van der Waals surface area contributed by atoms with E-state index in [1.54, 1.807) is 6.07 Å². The van der Waals surface area contributed by atoms with Crippen molar-refractivity contribution in [1.82, 2.24) is 4.90 Å². The minimum Gasteiger partial charge on any atom is -0.339 e. The lowest BCUT2D eigenvalue weighted by Gasteiger charge is -2.31. The SMILES string of the molecule is Cc1ccc(NC(=O)C2CCN(C(=O)c3cccc4ccccc34)CC2)cc1Cl. The average Bonchev–Trinajstić information content (AvgIpc) is 2.75. The van der Waals surface area contributed by atoms with Crippen molar-refractivity contribution in [2.75, 3.05) is 18.4 Å². The second-order valence-corrected chi connectivity index (χ2v) is 7.95. The van der Waals surface area contributed by atoms with Gasteiger partial charge in [-0.25, -0.2) is 0 Å². The number of hydrogen-bond acceptors (Lipinski definition) is 2. The number of hydrogen-bond donors (Lipinski definition) is 1. The molecule has 0 atom stereocenters. The third kappa shape index (κ3) is 4.13. The van der Waals surface area contributed by atoms with Crippen LogP contribution in [0.2, 0.25) is 5.02 Å². The predicted octanol–water partition coefficient (Wildman–Crippen LogP) is 5.29. The number of benzene rings is 3. The predicted molar refractivity (Wildman–Crippen MR) is 117 cm³/mol. The highest BCUT2D eigenvalue weighted by atomic mass is 35.5. The summed E-state index contributed by atoms with van der Waals surface area (Å²) >= 11 is 6.14. The summed E-state index contributed by atoms with van der Waals surface area (Å²) in [5.74, 6) is -0.0835. The van der Waals surface area contributed by atoms with Gasteiger partial charge in [0.2, 0.25) is 5.91 Å². The maximum atomic E-state index is 13.1. The summed E-state index contributed by atoms with van der Waals surface area (Å²) in [7, 11) is 0. The quantitative estimate of drug-likeness (QED) is 0.642. The summed E-state index contributed by atoms with van der Waals surface area (Å²) in [6, 6.07) is 19.3. The number of nitrogens with zero attached hydrogens (tertiary/aromatic N) is 1. The van der Waals surface area contributed by atoms with Gasteiger partial charge in [-0.3, -0.25) is 9.59 Å². The van der Waals surface area contributed by atoms with Gasteiger partial charge in [-0.05, 0) is 54.3 Å². The van der Waals surface area contributed by atoms with E-state index < -0.39 is 0 Å². The maximum Gasteiger partial charge on any atom is 0.254 e. The van der Waals surface area contributed by atoms with Crippen molar-refractivity contribution >= 4 is 39.9 Å². The number of aryl methyl sites for hydroxylation is 1. The van der Waals surface area contributed by atoms with Gasteiger partial charge in [0.05, 0.1) is 0 Å². The van der Waals surface area contributed by atoms with Crippen LogP contribution in [0.4, 0.5) is 5.69 Å². The molecule has 4 rings (SSSR count). The molecule has 0 saturated carbocycles. The first-order valence-electron chi connectivity index (χ1n) is 9.87. The highest BCUT2D eigenvalue weighted by molar-refractivity contribution is 6.31. The Labute approximate surface area is 175 Å². The molecular formula is C24H23ClN2O2. The van der Waals surface area contributed by atoms with E-state index in [1.165, 1.54) is 0 Å². The summed E-state index contributed by atoms with van der Waals surface area (Å²) in [4.78, 5) is 27.5. The molecule has 1 aliphatic heterocycles. The summed E-state index contributed by atoms with van der Waals surface area (Å²) < 4.78 is 0. The molecule has 0 bridgehead atoms. The molecule has 0 aliphatic carbocycles. The molecular weight excluding hydrogens is 384 g/mol. The fourth-order valence-corrected chi connectivity index (χ4v) is 4.02. The van der Waals surface area contributed by atoms with Crippen molar-refractivity contribution in [1.29, 1.82) is 0 Å². The van der Waals surface area contributed by atoms with Crippen LogP contribution in [-0.4, -0.2) is 29.8 Å². The van der Waals surface area contributed by atoms with Crippen LogP contribution >= 0.6 is 11.6 Å². The molecule has 5 heteroatoms. The van der Waals surface area contributed by atoms with Crippen molar-refractivity contribution in [2.45, 2.75) is 19.8 Å². The molecule has 1 fully saturated rings. The van der Waals surface area contributed by atoms with Crippen molar-refractivity contribution in [3.63, 3.8) is 0 Å². The topological polar surface area (TPSA) is 49.4 Å². The average molecular weight is 407 g/mol. The molecule has 148 valence electrons. The molecule has 1 N–H and O–H groups in total. The summed E-state index contributed by atoms with van der Waals surface area (Å²) in [6.45, 7) is 3.08. The van der Waals surface area contributed by atoms with E-state index in [1.807, 2.05) is 66.4 Å². The van der Waals surface area contributed by atoms with E-state index in [2.05, 4.69) is 5.32 Å². The van der Waals surface area contributed by atoms with Gasteiger partial charge in [-0.1, -0.05) is 54.1 Å². The van der Waals surface area contributed by atoms with Gasteiger partial charge in [0.15, 0.2) is 0 Å². The third-order valence-electron chi connectivity index (χ3n) is 5.61. The zero-order valence-corrected chi connectivity index (χ0v) is 17.1. The zero-order valence-electron chi connectivity index (χ0n) is 16.3. The highest BCUT2D eigenvalue weighted by Gasteiger charge is 2.28. The van der Waals surface area contributed by atoms with E-state index in [-0.39, 0.29) is 17.7 Å². The van der Waals surface area contributed by atoms with E-state index in [0.717, 1.165) is 21.9 Å². The highest BCUT2D eigenvalue weighted by Crippen LogP contribution is 2.25. The third-order valence-corrected chi connectivity index (χ3v) is 6.02. The minimum absolute atomic E-state index is 0.0119. The number of fused-ring (bicyclic) bond motifs is 1. The molecule has 0 spiro atoms. The number of amides is 2. The van der Waals surface area contributed by atoms with Crippen LogP contribution in [0.3, 0.4) is 0 Å². The van der Waals surface area contributed by atoms with Crippen LogP contribution < -0.4 is 5.32 Å². The first-order valence-corrected chi connectivity index (χ1v) is 10.2. The summed E-state index contributed by atoms with van der Waals surface area (Å²) in [5.41, 5.74) is 2.41. The Hall–Kier alpha value is -2.85. The summed E-state index contributed by atoms with van der Waals surface area (Å²) in [5, 5.41) is 5.62. The monoisotopic (exact) mass is 406 g/mol. The lowest BCUT2D eigenvalue weighted by Crippen LogP contribution is -2.41. The number of carbonyl (C=O) groups is 2.